The molecule has 3 rings (SSSR count). The predicted molar refractivity (Wildman–Crippen MR) is 65.7 cm³/mol. The minimum atomic E-state index is 0.0821. The molecule has 2 heterocycles. The van der Waals surface area contributed by atoms with E-state index in [1.807, 2.05) is 11.8 Å². The zero-order valence-corrected chi connectivity index (χ0v) is 10.6. The van der Waals surface area contributed by atoms with Gasteiger partial charge in [0.05, 0.1) is 5.60 Å². The lowest BCUT2D eigenvalue weighted by molar-refractivity contribution is -0.139. The Morgan fingerprint density at radius 1 is 1.12 bits per heavy atom. The fourth-order valence-electron chi connectivity index (χ4n) is 3.06. The summed E-state index contributed by atoms with van der Waals surface area (Å²) in [6.07, 6.45) is 6.61. The molecule has 2 nitrogen and oxygen atoms in total. The maximum Gasteiger partial charge on any atom is 0.139 e. The minimum Gasteiger partial charge on any atom is -0.375 e. The highest BCUT2D eigenvalue weighted by molar-refractivity contribution is 7.99. The lowest BCUT2D eigenvalue weighted by atomic mass is 9.79. The molecule has 2 aliphatic heterocycles. The second-order valence-electron chi connectivity index (χ2n) is 5.51. The van der Waals surface area contributed by atoms with Gasteiger partial charge in [0, 0.05) is 18.4 Å². The van der Waals surface area contributed by atoms with Gasteiger partial charge in [0.15, 0.2) is 0 Å². The Balaban J connectivity index is 1.66. The highest BCUT2D eigenvalue weighted by Crippen LogP contribution is 2.43. The Hall–Kier alpha value is -0.0200. The Labute approximate surface area is 101 Å². The molecular formula is C13H20O2S. The maximum absolute atomic E-state index is 12.1. The summed E-state index contributed by atoms with van der Waals surface area (Å²) in [4.78, 5) is 12.1. The van der Waals surface area contributed by atoms with E-state index in [1.54, 1.807) is 0 Å². The van der Waals surface area contributed by atoms with Crippen LogP contribution in [0.5, 0.6) is 0 Å². The molecule has 0 N–H and O–H groups in total. The number of carbonyl (C=O) groups is 1. The van der Waals surface area contributed by atoms with E-state index in [9.17, 15) is 4.79 Å². The zero-order valence-electron chi connectivity index (χ0n) is 9.74. The summed E-state index contributed by atoms with van der Waals surface area (Å²) < 4.78 is 6.02. The number of hydrogen-bond donors (Lipinski definition) is 0. The van der Waals surface area contributed by atoms with Crippen LogP contribution in [0.25, 0.3) is 0 Å². The maximum atomic E-state index is 12.1. The minimum absolute atomic E-state index is 0.0821. The Bertz CT molecular complexity index is 274. The van der Waals surface area contributed by atoms with Crippen LogP contribution in [0.4, 0.5) is 0 Å². The molecule has 0 bridgehead atoms. The third kappa shape index (κ3) is 2.17. The average Bonchev–Trinajstić information content (AvgIpc) is 3.13. The second-order valence-corrected chi connectivity index (χ2v) is 6.73. The SMILES string of the molecule is O=C(C1CC1)C1CCOC2(CCSCC2)C1. The number of carbonyl (C=O) groups excluding carboxylic acids is 1. The number of thioether (sulfide) groups is 1. The number of Topliss-reactive ketones (excluding diaryl/α,β-unsaturated/α-hetero) is 1. The molecule has 1 saturated carbocycles. The van der Waals surface area contributed by atoms with Crippen molar-refractivity contribution in [2.45, 2.75) is 44.1 Å². The van der Waals surface area contributed by atoms with Crippen LogP contribution in [0.3, 0.4) is 0 Å². The largest absolute Gasteiger partial charge is 0.375 e. The smallest absolute Gasteiger partial charge is 0.139 e. The van der Waals surface area contributed by atoms with E-state index < -0.39 is 0 Å². The second kappa shape index (κ2) is 4.34. The van der Waals surface area contributed by atoms with E-state index in [-0.39, 0.29) is 5.60 Å². The van der Waals surface area contributed by atoms with Crippen molar-refractivity contribution in [2.24, 2.45) is 11.8 Å². The fraction of sp³-hybridized carbons (Fsp3) is 0.923. The van der Waals surface area contributed by atoms with Gasteiger partial charge in [0.2, 0.25) is 0 Å². The molecule has 16 heavy (non-hydrogen) atoms. The van der Waals surface area contributed by atoms with E-state index in [2.05, 4.69) is 0 Å². The van der Waals surface area contributed by atoms with E-state index in [0.29, 0.717) is 17.6 Å². The standard InChI is InChI=1S/C13H20O2S/c14-12(10-1-2-10)11-3-6-15-13(9-11)4-7-16-8-5-13/h10-11H,1-9H2. The molecule has 90 valence electrons. The summed E-state index contributed by atoms with van der Waals surface area (Å²) in [5.41, 5.74) is 0.0821. The van der Waals surface area contributed by atoms with Gasteiger partial charge in [-0.15, -0.1) is 0 Å². The summed E-state index contributed by atoms with van der Waals surface area (Å²) in [5.74, 6) is 3.73. The van der Waals surface area contributed by atoms with Crippen LogP contribution >= 0.6 is 11.8 Å². The molecule has 0 aromatic rings. The Morgan fingerprint density at radius 2 is 1.88 bits per heavy atom. The predicted octanol–water partition coefficient (Wildman–Crippen LogP) is 2.66. The third-order valence-corrected chi connectivity index (χ3v) is 5.26. The summed E-state index contributed by atoms with van der Waals surface area (Å²) in [7, 11) is 0. The van der Waals surface area contributed by atoms with Crippen molar-refractivity contribution in [3.05, 3.63) is 0 Å². The fourth-order valence-corrected chi connectivity index (χ4v) is 4.30. The van der Waals surface area contributed by atoms with Gasteiger partial charge in [-0.05, 0) is 50.0 Å². The van der Waals surface area contributed by atoms with Gasteiger partial charge < -0.3 is 4.74 Å². The normalized spacial score (nSPS) is 33.9. The van der Waals surface area contributed by atoms with Crippen LogP contribution in [0.1, 0.15) is 38.5 Å². The van der Waals surface area contributed by atoms with Crippen LogP contribution in [0.2, 0.25) is 0 Å². The van der Waals surface area contributed by atoms with Crippen molar-refractivity contribution in [1.29, 1.82) is 0 Å². The van der Waals surface area contributed by atoms with Crippen LogP contribution in [0, 0.1) is 11.8 Å². The summed E-state index contributed by atoms with van der Waals surface area (Å²) in [6.45, 7) is 0.813. The van der Waals surface area contributed by atoms with Crippen LogP contribution in [-0.4, -0.2) is 29.5 Å². The van der Waals surface area contributed by atoms with Gasteiger partial charge in [0.25, 0.3) is 0 Å². The molecule has 3 fully saturated rings. The lowest BCUT2D eigenvalue weighted by Gasteiger charge is -2.43. The monoisotopic (exact) mass is 240 g/mol. The molecule has 3 aliphatic rings. The van der Waals surface area contributed by atoms with Crippen LogP contribution in [0.15, 0.2) is 0 Å². The first-order valence-electron chi connectivity index (χ1n) is 6.55. The molecule has 3 heteroatoms. The highest BCUT2D eigenvalue weighted by Gasteiger charge is 2.43. The average molecular weight is 240 g/mol. The van der Waals surface area contributed by atoms with E-state index >= 15 is 0 Å². The zero-order chi connectivity index (χ0) is 11.0. The molecule has 0 aromatic heterocycles. The number of ketones is 1. The molecule has 0 aromatic carbocycles. The van der Waals surface area contributed by atoms with Crippen molar-refractivity contribution in [2.75, 3.05) is 18.1 Å². The van der Waals surface area contributed by atoms with Crippen LogP contribution in [-0.2, 0) is 9.53 Å². The molecule has 1 atom stereocenters. The Kier molecular flexibility index (Phi) is 3.01. The first-order valence-corrected chi connectivity index (χ1v) is 7.70. The topological polar surface area (TPSA) is 26.3 Å². The van der Waals surface area contributed by atoms with Gasteiger partial charge in [-0.25, -0.2) is 0 Å². The number of hydrogen-bond acceptors (Lipinski definition) is 3. The summed E-state index contributed by atoms with van der Waals surface area (Å²) in [6, 6.07) is 0. The van der Waals surface area contributed by atoms with Crippen molar-refractivity contribution in [3.8, 4) is 0 Å². The molecular weight excluding hydrogens is 220 g/mol. The first kappa shape index (κ1) is 11.1. The van der Waals surface area contributed by atoms with Crippen molar-refractivity contribution in [1.82, 2.24) is 0 Å². The summed E-state index contributed by atoms with van der Waals surface area (Å²) >= 11 is 2.03. The molecule has 1 unspecified atom stereocenters. The number of ether oxygens (including phenoxy) is 1. The van der Waals surface area contributed by atoms with E-state index in [4.69, 9.17) is 4.74 Å². The van der Waals surface area contributed by atoms with Crippen molar-refractivity contribution < 1.29 is 9.53 Å². The molecule has 1 spiro atoms. The van der Waals surface area contributed by atoms with E-state index in [0.717, 1.165) is 45.1 Å². The van der Waals surface area contributed by atoms with Crippen molar-refractivity contribution >= 4 is 17.5 Å². The first-order chi connectivity index (χ1) is 7.79. The van der Waals surface area contributed by atoms with Gasteiger partial charge in [-0.2, -0.15) is 11.8 Å². The van der Waals surface area contributed by atoms with Crippen LogP contribution < -0.4 is 0 Å². The quantitative estimate of drug-likeness (QED) is 0.742. The lowest BCUT2D eigenvalue weighted by Crippen LogP contribution is -2.44. The molecule has 0 radical (unpaired) electrons. The summed E-state index contributed by atoms with van der Waals surface area (Å²) in [5, 5.41) is 0. The van der Waals surface area contributed by atoms with Gasteiger partial charge >= 0.3 is 0 Å². The molecule has 1 aliphatic carbocycles. The highest BCUT2D eigenvalue weighted by atomic mass is 32.2. The van der Waals surface area contributed by atoms with Gasteiger partial charge in [0.1, 0.15) is 5.78 Å². The third-order valence-electron chi connectivity index (χ3n) is 4.28. The van der Waals surface area contributed by atoms with Gasteiger partial charge in [-0.3, -0.25) is 4.79 Å². The Morgan fingerprint density at radius 3 is 2.56 bits per heavy atom. The van der Waals surface area contributed by atoms with E-state index in [1.165, 1.54) is 11.5 Å². The number of rotatable bonds is 2. The van der Waals surface area contributed by atoms with Crippen molar-refractivity contribution in [3.63, 3.8) is 0 Å². The molecule has 0 amide bonds. The molecule has 2 saturated heterocycles. The van der Waals surface area contributed by atoms with Gasteiger partial charge in [-0.1, -0.05) is 0 Å².